The maximum absolute atomic E-state index is 12.2. The van der Waals surface area contributed by atoms with E-state index in [9.17, 15) is 9.59 Å². The molecule has 0 aromatic carbocycles. The highest BCUT2D eigenvalue weighted by atomic mass is 16.4. The molecular formula is C13H23NO3. The van der Waals surface area contributed by atoms with Gasteiger partial charge in [0, 0.05) is 18.5 Å². The minimum absolute atomic E-state index is 0.00925. The number of nitrogens with zero attached hydrogens (tertiary/aromatic N) is 1. The van der Waals surface area contributed by atoms with Crippen molar-refractivity contribution in [2.75, 3.05) is 6.54 Å². The van der Waals surface area contributed by atoms with Crippen molar-refractivity contribution in [1.29, 1.82) is 0 Å². The van der Waals surface area contributed by atoms with Gasteiger partial charge >= 0.3 is 5.97 Å². The van der Waals surface area contributed by atoms with Gasteiger partial charge in [-0.25, -0.2) is 0 Å². The molecule has 0 aromatic rings. The lowest BCUT2D eigenvalue weighted by Crippen LogP contribution is -2.49. The van der Waals surface area contributed by atoms with E-state index in [-0.39, 0.29) is 23.8 Å². The number of carboxylic acids is 1. The molecule has 1 fully saturated rings. The Hall–Kier alpha value is -1.06. The Bertz CT molecular complexity index is 290. The van der Waals surface area contributed by atoms with Gasteiger partial charge in [0.2, 0.25) is 5.91 Å². The number of piperidine rings is 1. The molecule has 0 bridgehead atoms. The van der Waals surface area contributed by atoms with Crippen LogP contribution in [-0.2, 0) is 9.59 Å². The smallest absolute Gasteiger partial charge is 0.308 e. The van der Waals surface area contributed by atoms with Gasteiger partial charge < -0.3 is 10.0 Å². The number of carbonyl (C=O) groups is 2. The first kappa shape index (κ1) is 14.0. The third-order valence-corrected chi connectivity index (χ3v) is 3.66. The van der Waals surface area contributed by atoms with Crippen molar-refractivity contribution in [3.05, 3.63) is 0 Å². The second-order valence-corrected chi connectivity index (χ2v) is 5.14. The summed E-state index contributed by atoms with van der Waals surface area (Å²) in [5.74, 6) is -1.04. The summed E-state index contributed by atoms with van der Waals surface area (Å²) < 4.78 is 0. The molecule has 1 N–H and O–H groups in total. The first-order chi connectivity index (χ1) is 7.97. The van der Waals surface area contributed by atoms with Crippen molar-refractivity contribution in [2.24, 2.45) is 11.8 Å². The van der Waals surface area contributed by atoms with Crippen LogP contribution < -0.4 is 0 Å². The Morgan fingerprint density at radius 3 is 2.59 bits per heavy atom. The van der Waals surface area contributed by atoms with Gasteiger partial charge in [-0.3, -0.25) is 9.59 Å². The van der Waals surface area contributed by atoms with Crippen LogP contribution >= 0.6 is 0 Å². The maximum atomic E-state index is 12.2. The van der Waals surface area contributed by atoms with E-state index in [2.05, 4.69) is 6.92 Å². The molecule has 3 unspecified atom stereocenters. The number of carbonyl (C=O) groups excluding carboxylic acids is 1. The van der Waals surface area contributed by atoms with Crippen LogP contribution in [0.3, 0.4) is 0 Å². The van der Waals surface area contributed by atoms with Gasteiger partial charge in [-0.15, -0.1) is 0 Å². The second kappa shape index (κ2) is 6.03. The molecule has 4 heteroatoms. The van der Waals surface area contributed by atoms with Crippen LogP contribution in [0, 0.1) is 11.8 Å². The standard InChI is InChI=1S/C13H23NO3/c1-4-5-9(2)12(15)14-8-11(13(16)17)7-6-10(14)3/h9-11H,4-8H2,1-3H3,(H,16,17). The van der Waals surface area contributed by atoms with Gasteiger partial charge in [0.25, 0.3) is 0 Å². The van der Waals surface area contributed by atoms with Crippen molar-refractivity contribution < 1.29 is 14.7 Å². The Morgan fingerprint density at radius 2 is 2.06 bits per heavy atom. The molecule has 1 saturated heterocycles. The van der Waals surface area contributed by atoms with Gasteiger partial charge in [-0.05, 0) is 26.2 Å². The molecule has 0 radical (unpaired) electrons. The number of amides is 1. The van der Waals surface area contributed by atoms with Crippen LogP contribution in [0.25, 0.3) is 0 Å². The van der Waals surface area contributed by atoms with Crippen molar-refractivity contribution in [1.82, 2.24) is 4.90 Å². The summed E-state index contributed by atoms with van der Waals surface area (Å²) in [4.78, 5) is 25.0. The molecule has 0 aromatic heterocycles. The third-order valence-electron chi connectivity index (χ3n) is 3.66. The van der Waals surface area contributed by atoms with Crippen LogP contribution in [0.5, 0.6) is 0 Å². The van der Waals surface area contributed by atoms with Gasteiger partial charge in [0.15, 0.2) is 0 Å². The summed E-state index contributed by atoms with van der Waals surface area (Å²) in [5, 5.41) is 9.03. The quantitative estimate of drug-likeness (QED) is 0.820. The van der Waals surface area contributed by atoms with Crippen LogP contribution in [0.2, 0.25) is 0 Å². The summed E-state index contributed by atoms with van der Waals surface area (Å²) in [6.07, 6.45) is 3.33. The maximum Gasteiger partial charge on any atom is 0.308 e. The Morgan fingerprint density at radius 1 is 1.41 bits per heavy atom. The molecular weight excluding hydrogens is 218 g/mol. The minimum Gasteiger partial charge on any atom is -0.481 e. The highest BCUT2D eigenvalue weighted by Gasteiger charge is 2.33. The number of aliphatic carboxylic acids is 1. The number of carboxylic acid groups (broad SMARTS) is 1. The van der Waals surface area contributed by atoms with Crippen molar-refractivity contribution in [2.45, 2.75) is 52.5 Å². The van der Waals surface area contributed by atoms with Gasteiger partial charge in [-0.1, -0.05) is 20.3 Å². The molecule has 1 aliphatic rings. The summed E-state index contributed by atoms with van der Waals surface area (Å²) >= 11 is 0. The van der Waals surface area contributed by atoms with E-state index in [0.717, 1.165) is 19.3 Å². The van der Waals surface area contributed by atoms with E-state index in [1.54, 1.807) is 4.90 Å². The predicted octanol–water partition coefficient (Wildman–Crippen LogP) is 2.13. The monoisotopic (exact) mass is 241 g/mol. The Kier molecular flexibility index (Phi) is 4.97. The fourth-order valence-electron chi connectivity index (χ4n) is 2.46. The molecule has 1 heterocycles. The molecule has 1 aliphatic heterocycles. The highest BCUT2D eigenvalue weighted by molar-refractivity contribution is 5.80. The lowest BCUT2D eigenvalue weighted by atomic mass is 9.92. The van der Waals surface area contributed by atoms with Crippen LogP contribution in [0.15, 0.2) is 0 Å². The summed E-state index contributed by atoms with van der Waals surface area (Å²) in [6, 6.07) is 0.178. The van der Waals surface area contributed by atoms with E-state index in [1.165, 1.54) is 0 Å². The van der Waals surface area contributed by atoms with Crippen molar-refractivity contribution in [3.8, 4) is 0 Å². The van der Waals surface area contributed by atoms with E-state index >= 15 is 0 Å². The number of likely N-dealkylation sites (tertiary alicyclic amines) is 1. The van der Waals surface area contributed by atoms with Crippen molar-refractivity contribution >= 4 is 11.9 Å². The normalized spacial score (nSPS) is 26.6. The molecule has 17 heavy (non-hydrogen) atoms. The number of rotatable bonds is 4. The molecule has 3 atom stereocenters. The topological polar surface area (TPSA) is 57.6 Å². The predicted molar refractivity (Wildman–Crippen MR) is 65.6 cm³/mol. The Labute approximate surface area is 103 Å². The lowest BCUT2D eigenvalue weighted by molar-refractivity contribution is -0.148. The fourth-order valence-corrected chi connectivity index (χ4v) is 2.46. The second-order valence-electron chi connectivity index (χ2n) is 5.14. The van der Waals surface area contributed by atoms with E-state index in [1.807, 2.05) is 13.8 Å². The Balaban J connectivity index is 2.66. The van der Waals surface area contributed by atoms with Crippen LogP contribution in [-0.4, -0.2) is 34.5 Å². The molecule has 4 nitrogen and oxygen atoms in total. The average Bonchev–Trinajstić information content (AvgIpc) is 2.28. The average molecular weight is 241 g/mol. The highest BCUT2D eigenvalue weighted by Crippen LogP contribution is 2.24. The zero-order valence-corrected chi connectivity index (χ0v) is 11.0. The molecule has 1 rings (SSSR count). The first-order valence-corrected chi connectivity index (χ1v) is 6.50. The molecule has 0 saturated carbocycles. The fraction of sp³-hybridized carbons (Fsp3) is 0.846. The molecule has 0 spiro atoms. The van der Waals surface area contributed by atoms with Gasteiger partial charge in [0.05, 0.1) is 5.92 Å². The number of hydrogen-bond acceptors (Lipinski definition) is 2. The zero-order chi connectivity index (χ0) is 13.0. The van der Waals surface area contributed by atoms with E-state index in [0.29, 0.717) is 13.0 Å². The van der Waals surface area contributed by atoms with E-state index in [4.69, 9.17) is 5.11 Å². The largest absolute Gasteiger partial charge is 0.481 e. The molecule has 98 valence electrons. The van der Waals surface area contributed by atoms with Gasteiger partial charge in [0.1, 0.15) is 0 Å². The van der Waals surface area contributed by atoms with Crippen molar-refractivity contribution in [3.63, 3.8) is 0 Å². The summed E-state index contributed by atoms with van der Waals surface area (Å²) in [7, 11) is 0. The molecule has 1 amide bonds. The SMILES string of the molecule is CCCC(C)C(=O)N1CC(C(=O)O)CCC1C. The summed E-state index contributed by atoms with van der Waals surface area (Å²) in [5.41, 5.74) is 0. The molecule has 0 aliphatic carbocycles. The van der Waals surface area contributed by atoms with Gasteiger partial charge in [-0.2, -0.15) is 0 Å². The summed E-state index contributed by atoms with van der Waals surface area (Å²) in [6.45, 7) is 6.38. The minimum atomic E-state index is -0.780. The zero-order valence-electron chi connectivity index (χ0n) is 11.0. The van der Waals surface area contributed by atoms with E-state index < -0.39 is 5.97 Å². The van der Waals surface area contributed by atoms with Crippen LogP contribution in [0.4, 0.5) is 0 Å². The third kappa shape index (κ3) is 3.45. The number of hydrogen-bond donors (Lipinski definition) is 1. The first-order valence-electron chi connectivity index (χ1n) is 6.50. The van der Waals surface area contributed by atoms with Crippen LogP contribution in [0.1, 0.15) is 46.5 Å². The lowest BCUT2D eigenvalue weighted by Gasteiger charge is -2.38.